The summed E-state index contributed by atoms with van der Waals surface area (Å²) in [4.78, 5) is 25.1. The van der Waals surface area contributed by atoms with Gasteiger partial charge in [-0.25, -0.2) is 4.79 Å². The fraction of sp³-hybridized carbons (Fsp3) is 0.182. The third-order valence-corrected chi connectivity index (χ3v) is 4.81. The van der Waals surface area contributed by atoms with E-state index in [1.807, 2.05) is 19.9 Å². The average Bonchev–Trinajstić information content (AvgIpc) is 2.67. The first-order chi connectivity index (χ1) is 14.3. The number of aromatic nitrogens is 1. The van der Waals surface area contributed by atoms with Gasteiger partial charge in [-0.15, -0.1) is 0 Å². The first kappa shape index (κ1) is 21.7. The number of benzene rings is 2. The van der Waals surface area contributed by atoms with Gasteiger partial charge in [-0.3, -0.25) is 4.79 Å². The second kappa shape index (κ2) is 9.69. The van der Waals surface area contributed by atoms with Crippen molar-refractivity contribution in [2.75, 3.05) is 10.6 Å². The Balaban J connectivity index is 1.71. The predicted octanol–water partition coefficient (Wildman–Crippen LogP) is 5.63. The first-order valence-corrected chi connectivity index (χ1v) is 10.1. The molecule has 0 saturated heterocycles. The predicted molar refractivity (Wildman–Crippen MR) is 121 cm³/mol. The molecule has 0 aliphatic rings. The van der Waals surface area contributed by atoms with Crippen molar-refractivity contribution in [3.05, 3.63) is 86.8 Å². The van der Waals surface area contributed by atoms with Crippen molar-refractivity contribution in [1.82, 2.24) is 4.57 Å². The van der Waals surface area contributed by atoms with Gasteiger partial charge in [0.2, 0.25) is 0 Å². The van der Waals surface area contributed by atoms with E-state index in [1.54, 1.807) is 54.7 Å². The van der Waals surface area contributed by atoms with Gasteiger partial charge in [-0.1, -0.05) is 35.3 Å². The number of ether oxygens (including phenoxy) is 1. The number of nitrogens with one attached hydrogen (secondary N) is 2. The van der Waals surface area contributed by atoms with Gasteiger partial charge < -0.3 is 19.9 Å². The Morgan fingerprint density at radius 2 is 1.83 bits per heavy atom. The molecule has 1 heterocycles. The van der Waals surface area contributed by atoms with Crippen LogP contribution in [0.2, 0.25) is 10.0 Å². The van der Waals surface area contributed by atoms with Crippen LogP contribution in [0.5, 0.6) is 5.75 Å². The molecule has 1 aromatic heterocycles. The molecular weight excluding hydrogens is 425 g/mol. The van der Waals surface area contributed by atoms with Crippen LogP contribution in [0.15, 0.2) is 65.6 Å². The molecule has 0 atom stereocenters. The Morgan fingerprint density at radius 1 is 1.03 bits per heavy atom. The lowest BCUT2D eigenvalue weighted by molar-refractivity contribution is 0.242. The van der Waals surface area contributed by atoms with Crippen LogP contribution >= 0.6 is 23.2 Å². The first-order valence-electron chi connectivity index (χ1n) is 9.30. The summed E-state index contributed by atoms with van der Waals surface area (Å²) in [6.45, 7) is 4.14. The van der Waals surface area contributed by atoms with Crippen LogP contribution in [0.25, 0.3) is 0 Å². The van der Waals surface area contributed by atoms with E-state index in [-0.39, 0.29) is 17.4 Å². The fourth-order valence-corrected chi connectivity index (χ4v) is 3.12. The van der Waals surface area contributed by atoms with Crippen LogP contribution in [0.1, 0.15) is 19.4 Å². The molecule has 0 fully saturated rings. The summed E-state index contributed by atoms with van der Waals surface area (Å²) in [5, 5.41) is 6.16. The number of hydrogen-bond donors (Lipinski definition) is 2. The maximum absolute atomic E-state index is 12.7. The number of amides is 2. The fourth-order valence-electron chi connectivity index (χ4n) is 2.80. The third kappa shape index (κ3) is 5.78. The Labute approximate surface area is 184 Å². The number of rotatable bonds is 6. The van der Waals surface area contributed by atoms with Crippen molar-refractivity contribution >= 4 is 40.6 Å². The molecule has 3 rings (SSSR count). The molecule has 2 N–H and O–H groups in total. The van der Waals surface area contributed by atoms with E-state index in [0.717, 1.165) is 5.56 Å². The highest BCUT2D eigenvalue weighted by Crippen LogP contribution is 2.23. The molecule has 0 saturated carbocycles. The van der Waals surface area contributed by atoms with E-state index in [9.17, 15) is 9.59 Å². The SMILES string of the molecule is CC(C)Oc1cccc(NC(=O)Nc2cccn(Cc3ccc(Cl)c(Cl)c3)c2=O)c1. The van der Waals surface area contributed by atoms with Gasteiger partial charge >= 0.3 is 6.03 Å². The summed E-state index contributed by atoms with van der Waals surface area (Å²) in [6.07, 6.45) is 1.66. The average molecular weight is 446 g/mol. The highest BCUT2D eigenvalue weighted by Gasteiger charge is 2.10. The van der Waals surface area contributed by atoms with Crippen molar-refractivity contribution in [2.24, 2.45) is 0 Å². The summed E-state index contributed by atoms with van der Waals surface area (Å²) >= 11 is 12.0. The number of urea groups is 1. The Hall–Kier alpha value is -2.96. The molecule has 0 radical (unpaired) electrons. The zero-order valence-electron chi connectivity index (χ0n) is 16.5. The van der Waals surface area contributed by atoms with Gasteiger partial charge in [0.05, 0.1) is 22.7 Å². The lowest BCUT2D eigenvalue weighted by atomic mass is 10.2. The van der Waals surface area contributed by atoms with E-state index < -0.39 is 6.03 Å². The number of anilines is 2. The molecule has 3 aromatic rings. The highest BCUT2D eigenvalue weighted by molar-refractivity contribution is 6.42. The number of hydrogen-bond acceptors (Lipinski definition) is 3. The summed E-state index contributed by atoms with van der Waals surface area (Å²) in [5.41, 5.74) is 1.19. The standard InChI is InChI=1S/C22H21Cl2N3O3/c1-14(2)30-17-6-3-5-16(12-17)25-22(29)26-20-7-4-10-27(21(20)28)13-15-8-9-18(23)19(24)11-15/h3-12,14H,13H2,1-2H3,(H2,25,26,29). The van der Waals surface area contributed by atoms with E-state index in [4.69, 9.17) is 27.9 Å². The minimum absolute atomic E-state index is 0.0207. The van der Waals surface area contributed by atoms with E-state index in [2.05, 4.69) is 10.6 Å². The number of carbonyl (C=O) groups is 1. The smallest absolute Gasteiger partial charge is 0.323 e. The van der Waals surface area contributed by atoms with Crippen molar-refractivity contribution in [2.45, 2.75) is 26.5 Å². The summed E-state index contributed by atoms with van der Waals surface area (Å²) in [6, 6.07) is 14.9. The topological polar surface area (TPSA) is 72.4 Å². The minimum atomic E-state index is -0.527. The van der Waals surface area contributed by atoms with Gasteiger partial charge in [0.25, 0.3) is 5.56 Å². The van der Waals surface area contributed by atoms with Crippen molar-refractivity contribution < 1.29 is 9.53 Å². The molecule has 0 bridgehead atoms. The largest absolute Gasteiger partial charge is 0.491 e. The Kier molecular flexibility index (Phi) is 7.03. The minimum Gasteiger partial charge on any atom is -0.491 e. The molecule has 0 aliphatic carbocycles. The van der Waals surface area contributed by atoms with Crippen LogP contribution in [0.3, 0.4) is 0 Å². The molecular formula is C22H21Cl2N3O3. The Morgan fingerprint density at radius 3 is 2.57 bits per heavy atom. The summed E-state index contributed by atoms with van der Waals surface area (Å²) < 4.78 is 7.10. The number of pyridine rings is 1. The molecule has 156 valence electrons. The molecule has 30 heavy (non-hydrogen) atoms. The molecule has 2 aromatic carbocycles. The Bertz CT molecular complexity index is 1110. The van der Waals surface area contributed by atoms with Crippen molar-refractivity contribution in [3.8, 4) is 5.75 Å². The second-order valence-corrected chi connectivity index (χ2v) is 7.69. The lowest BCUT2D eigenvalue weighted by Gasteiger charge is -2.12. The van der Waals surface area contributed by atoms with Gasteiger partial charge in [-0.2, -0.15) is 0 Å². The van der Waals surface area contributed by atoms with Crippen LogP contribution in [0, 0.1) is 0 Å². The van der Waals surface area contributed by atoms with Crippen LogP contribution < -0.4 is 20.9 Å². The molecule has 2 amide bonds. The number of nitrogens with zero attached hydrogens (tertiary/aromatic N) is 1. The van der Waals surface area contributed by atoms with Gasteiger partial charge in [0, 0.05) is 18.0 Å². The third-order valence-electron chi connectivity index (χ3n) is 4.07. The molecule has 0 spiro atoms. The summed E-state index contributed by atoms with van der Waals surface area (Å²) in [7, 11) is 0. The lowest BCUT2D eigenvalue weighted by Crippen LogP contribution is -2.28. The molecule has 8 heteroatoms. The molecule has 0 aliphatic heterocycles. The molecule has 0 unspecified atom stereocenters. The van der Waals surface area contributed by atoms with E-state index >= 15 is 0 Å². The zero-order chi connectivity index (χ0) is 21.7. The second-order valence-electron chi connectivity index (χ2n) is 6.88. The maximum Gasteiger partial charge on any atom is 0.323 e. The van der Waals surface area contributed by atoms with Gasteiger partial charge in [-0.05, 0) is 55.8 Å². The van der Waals surface area contributed by atoms with E-state index in [0.29, 0.717) is 28.0 Å². The number of carbonyl (C=O) groups excluding carboxylic acids is 1. The van der Waals surface area contributed by atoms with Crippen molar-refractivity contribution in [1.29, 1.82) is 0 Å². The van der Waals surface area contributed by atoms with E-state index in [1.165, 1.54) is 4.57 Å². The maximum atomic E-state index is 12.7. The van der Waals surface area contributed by atoms with Gasteiger partial charge in [0.1, 0.15) is 11.4 Å². The van der Waals surface area contributed by atoms with Gasteiger partial charge in [0.15, 0.2) is 0 Å². The van der Waals surface area contributed by atoms with Crippen LogP contribution in [-0.4, -0.2) is 16.7 Å². The highest BCUT2D eigenvalue weighted by atomic mass is 35.5. The normalized spacial score (nSPS) is 10.7. The van der Waals surface area contributed by atoms with Crippen LogP contribution in [-0.2, 0) is 6.54 Å². The monoisotopic (exact) mass is 445 g/mol. The zero-order valence-corrected chi connectivity index (χ0v) is 18.0. The number of halogens is 2. The quantitative estimate of drug-likeness (QED) is 0.515. The van der Waals surface area contributed by atoms with Crippen LogP contribution in [0.4, 0.5) is 16.2 Å². The van der Waals surface area contributed by atoms with Crippen molar-refractivity contribution in [3.63, 3.8) is 0 Å². The molecule has 6 nitrogen and oxygen atoms in total. The summed E-state index contributed by atoms with van der Waals surface area (Å²) in [5.74, 6) is 0.645.